The summed E-state index contributed by atoms with van der Waals surface area (Å²) in [5, 5.41) is 11.2. The molecule has 4 N–H and O–H groups in total. The van der Waals surface area contributed by atoms with E-state index in [1.165, 1.54) is 0 Å². The van der Waals surface area contributed by atoms with Gasteiger partial charge in [0.1, 0.15) is 6.10 Å². The lowest BCUT2D eigenvalue weighted by atomic mass is 10.2. The Balaban J connectivity index is 2.34. The van der Waals surface area contributed by atoms with Gasteiger partial charge in [-0.05, 0) is 12.8 Å². The fourth-order valence-electron chi connectivity index (χ4n) is 1.32. The van der Waals surface area contributed by atoms with Crippen molar-refractivity contribution in [3.05, 3.63) is 0 Å². The SMILES string of the molecule is NCCNC(=O)[C@@H]1CC[C@H](C(=O)O)O1. The van der Waals surface area contributed by atoms with Crippen LogP contribution in [0.1, 0.15) is 12.8 Å². The van der Waals surface area contributed by atoms with Crippen molar-refractivity contribution in [3.8, 4) is 0 Å². The van der Waals surface area contributed by atoms with Crippen LogP contribution in [0, 0.1) is 0 Å². The molecule has 6 heteroatoms. The van der Waals surface area contributed by atoms with Gasteiger partial charge in [-0.2, -0.15) is 0 Å². The van der Waals surface area contributed by atoms with E-state index in [9.17, 15) is 9.59 Å². The van der Waals surface area contributed by atoms with Crippen LogP contribution in [-0.2, 0) is 14.3 Å². The maximum Gasteiger partial charge on any atom is 0.332 e. The average molecular weight is 202 g/mol. The molecule has 0 spiro atoms. The molecule has 1 fully saturated rings. The number of hydrogen-bond acceptors (Lipinski definition) is 4. The molecule has 0 saturated carbocycles. The Morgan fingerprint density at radius 1 is 1.43 bits per heavy atom. The van der Waals surface area contributed by atoms with E-state index in [-0.39, 0.29) is 5.91 Å². The second kappa shape index (κ2) is 4.92. The summed E-state index contributed by atoms with van der Waals surface area (Å²) in [6, 6.07) is 0. The summed E-state index contributed by atoms with van der Waals surface area (Å²) in [4.78, 5) is 21.8. The van der Waals surface area contributed by atoms with Crippen molar-refractivity contribution in [1.82, 2.24) is 5.32 Å². The molecule has 2 atom stereocenters. The first-order valence-corrected chi connectivity index (χ1v) is 4.51. The first kappa shape index (κ1) is 10.9. The molecule has 1 aliphatic heterocycles. The van der Waals surface area contributed by atoms with Crippen molar-refractivity contribution in [1.29, 1.82) is 0 Å². The molecule has 0 aromatic rings. The molecule has 1 saturated heterocycles. The van der Waals surface area contributed by atoms with Crippen LogP contribution in [0.2, 0.25) is 0 Å². The van der Waals surface area contributed by atoms with Gasteiger partial charge in [-0.1, -0.05) is 0 Å². The number of hydrogen-bond donors (Lipinski definition) is 3. The minimum Gasteiger partial charge on any atom is -0.479 e. The van der Waals surface area contributed by atoms with E-state index in [1.807, 2.05) is 0 Å². The predicted octanol–water partition coefficient (Wildman–Crippen LogP) is -1.31. The molecular formula is C8H14N2O4. The Morgan fingerprint density at radius 3 is 2.57 bits per heavy atom. The zero-order chi connectivity index (χ0) is 10.6. The number of aliphatic carboxylic acids is 1. The minimum atomic E-state index is -1.01. The molecule has 0 aromatic carbocycles. The number of carbonyl (C=O) groups is 2. The van der Waals surface area contributed by atoms with Crippen LogP contribution in [0.3, 0.4) is 0 Å². The van der Waals surface area contributed by atoms with Gasteiger partial charge in [-0.3, -0.25) is 4.79 Å². The van der Waals surface area contributed by atoms with E-state index in [1.54, 1.807) is 0 Å². The zero-order valence-corrected chi connectivity index (χ0v) is 7.73. The minimum absolute atomic E-state index is 0.279. The summed E-state index contributed by atoms with van der Waals surface area (Å²) in [6.45, 7) is 0.747. The summed E-state index contributed by atoms with van der Waals surface area (Å²) >= 11 is 0. The number of nitrogens with two attached hydrogens (primary N) is 1. The molecule has 0 aromatic heterocycles. The lowest BCUT2D eigenvalue weighted by Gasteiger charge is -2.10. The zero-order valence-electron chi connectivity index (χ0n) is 7.73. The number of amides is 1. The number of carboxylic acid groups (broad SMARTS) is 1. The summed E-state index contributed by atoms with van der Waals surface area (Å²) in [7, 11) is 0. The Morgan fingerprint density at radius 2 is 2.07 bits per heavy atom. The van der Waals surface area contributed by atoms with Crippen molar-refractivity contribution < 1.29 is 19.4 Å². The second-order valence-electron chi connectivity index (χ2n) is 3.11. The van der Waals surface area contributed by atoms with Gasteiger partial charge in [0, 0.05) is 13.1 Å². The topological polar surface area (TPSA) is 102 Å². The third-order valence-electron chi connectivity index (χ3n) is 2.03. The number of carboxylic acids is 1. The highest BCUT2D eigenvalue weighted by atomic mass is 16.5. The highest BCUT2D eigenvalue weighted by molar-refractivity contribution is 5.82. The summed E-state index contributed by atoms with van der Waals surface area (Å²) < 4.78 is 5.03. The van der Waals surface area contributed by atoms with Crippen LogP contribution in [0.15, 0.2) is 0 Å². The number of ether oxygens (including phenoxy) is 1. The van der Waals surface area contributed by atoms with Gasteiger partial charge in [0.25, 0.3) is 0 Å². The second-order valence-corrected chi connectivity index (χ2v) is 3.11. The van der Waals surface area contributed by atoms with E-state index in [0.29, 0.717) is 25.9 Å². The Bertz CT molecular complexity index is 231. The maximum absolute atomic E-state index is 11.3. The summed E-state index contributed by atoms with van der Waals surface area (Å²) in [5.74, 6) is -1.29. The highest BCUT2D eigenvalue weighted by Crippen LogP contribution is 2.19. The standard InChI is InChI=1S/C8H14N2O4/c9-3-4-10-7(11)5-1-2-6(14-5)8(12)13/h5-6H,1-4,9H2,(H,10,11)(H,12,13)/t5-,6+/m0/s1. The number of nitrogens with one attached hydrogen (secondary N) is 1. The van der Waals surface area contributed by atoms with Gasteiger partial charge in [0.15, 0.2) is 6.10 Å². The van der Waals surface area contributed by atoms with E-state index in [2.05, 4.69) is 5.32 Å². The number of carbonyl (C=O) groups excluding carboxylic acids is 1. The third kappa shape index (κ3) is 2.68. The van der Waals surface area contributed by atoms with Crippen LogP contribution in [0.4, 0.5) is 0 Å². The van der Waals surface area contributed by atoms with E-state index >= 15 is 0 Å². The molecule has 1 amide bonds. The fourth-order valence-corrected chi connectivity index (χ4v) is 1.32. The van der Waals surface area contributed by atoms with Crippen LogP contribution >= 0.6 is 0 Å². The smallest absolute Gasteiger partial charge is 0.332 e. The first-order chi connectivity index (χ1) is 6.65. The molecule has 0 aliphatic carbocycles. The van der Waals surface area contributed by atoms with Crippen molar-refractivity contribution in [2.45, 2.75) is 25.0 Å². The number of rotatable bonds is 4. The normalized spacial score (nSPS) is 26.1. The quantitative estimate of drug-likeness (QED) is 0.525. The lowest BCUT2D eigenvalue weighted by molar-refractivity contribution is -0.151. The molecule has 0 radical (unpaired) electrons. The molecule has 80 valence electrons. The Hall–Kier alpha value is -1.14. The van der Waals surface area contributed by atoms with Crippen LogP contribution < -0.4 is 11.1 Å². The first-order valence-electron chi connectivity index (χ1n) is 4.51. The molecule has 0 bridgehead atoms. The maximum atomic E-state index is 11.3. The van der Waals surface area contributed by atoms with Gasteiger partial charge in [0.2, 0.25) is 5.91 Å². The molecule has 1 aliphatic rings. The molecular weight excluding hydrogens is 188 g/mol. The molecule has 1 rings (SSSR count). The van der Waals surface area contributed by atoms with E-state index < -0.39 is 18.2 Å². The monoisotopic (exact) mass is 202 g/mol. The Kier molecular flexibility index (Phi) is 3.84. The summed E-state index contributed by atoms with van der Waals surface area (Å²) in [5.41, 5.74) is 5.20. The van der Waals surface area contributed by atoms with Gasteiger partial charge in [-0.25, -0.2) is 4.79 Å². The summed E-state index contributed by atoms with van der Waals surface area (Å²) in [6.07, 6.45) is -0.644. The van der Waals surface area contributed by atoms with Crippen LogP contribution in [0.5, 0.6) is 0 Å². The van der Waals surface area contributed by atoms with Gasteiger partial charge < -0.3 is 20.9 Å². The average Bonchev–Trinajstić information content (AvgIpc) is 2.62. The van der Waals surface area contributed by atoms with Crippen molar-refractivity contribution in [2.24, 2.45) is 5.73 Å². The molecule has 14 heavy (non-hydrogen) atoms. The van der Waals surface area contributed by atoms with Gasteiger partial charge >= 0.3 is 5.97 Å². The predicted molar refractivity (Wildman–Crippen MR) is 47.6 cm³/mol. The van der Waals surface area contributed by atoms with Crippen molar-refractivity contribution in [3.63, 3.8) is 0 Å². The highest BCUT2D eigenvalue weighted by Gasteiger charge is 2.34. The van der Waals surface area contributed by atoms with Crippen molar-refractivity contribution in [2.75, 3.05) is 13.1 Å². The van der Waals surface area contributed by atoms with E-state index in [4.69, 9.17) is 15.6 Å². The lowest BCUT2D eigenvalue weighted by Crippen LogP contribution is -2.38. The van der Waals surface area contributed by atoms with Crippen LogP contribution in [-0.4, -0.2) is 42.3 Å². The molecule has 0 unspecified atom stereocenters. The van der Waals surface area contributed by atoms with Crippen LogP contribution in [0.25, 0.3) is 0 Å². The largest absolute Gasteiger partial charge is 0.479 e. The molecule has 1 heterocycles. The van der Waals surface area contributed by atoms with Crippen molar-refractivity contribution >= 4 is 11.9 Å². The van der Waals surface area contributed by atoms with Gasteiger partial charge in [0.05, 0.1) is 0 Å². The third-order valence-corrected chi connectivity index (χ3v) is 2.03. The fraction of sp³-hybridized carbons (Fsp3) is 0.750. The Labute approximate surface area is 81.4 Å². The van der Waals surface area contributed by atoms with Gasteiger partial charge in [-0.15, -0.1) is 0 Å². The van der Waals surface area contributed by atoms with E-state index in [0.717, 1.165) is 0 Å². The molecule has 6 nitrogen and oxygen atoms in total.